The summed E-state index contributed by atoms with van der Waals surface area (Å²) in [5.74, 6) is -1.27. The number of nitrogens with zero attached hydrogens (tertiary/aromatic N) is 2. The van der Waals surface area contributed by atoms with Gasteiger partial charge in [0.2, 0.25) is 0 Å². The quantitative estimate of drug-likeness (QED) is 0.474. The van der Waals surface area contributed by atoms with Gasteiger partial charge in [-0.15, -0.1) is 0 Å². The Balaban J connectivity index is 2.62. The number of hydrogen-bond acceptors (Lipinski definition) is 6. The first-order chi connectivity index (χ1) is 11.4. The lowest BCUT2D eigenvalue weighted by molar-refractivity contribution is -0.384. The van der Waals surface area contributed by atoms with Crippen molar-refractivity contribution in [3.8, 4) is 5.69 Å². The Labute approximate surface area is 137 Å². The Morgan fingerprint density at radius 2 is 1.96 bits per heavy atom. The predicted molar refractivity (Wildman–Crippen MR) is 84.5 cm³/mol. The minimum absolute atomic E-state index is 0.0505. The Kier molecular flexibility index (Phi) is 4.98. The second-order valence-corrected chi connectivity index (χ2v) is 4.95. The summed E-state index contributed by atoms with van der Waals surface area (Å²) in [5.41, 5.74) is 0.796. The first-order valence-electron chi connectivity index (χ1n) is 7.12. The van der Waals surface area contributed by atoms with Gasteiger partial charge in [-0.05, 0) is 37.6 Å². The average molecular weight is 332 g/mol. The summed E-state index contributed by atoms with van der Waals surface area (Å²) in [6.45, 7) is 3.62. The Morgan fingerprint density at radius 3 is 2.54 bits per heavy atom. The number of carbonyl (C=O) groups excluding carboxylic acids is 2. The molecule has 8 nitrogen and oxygen atoms in total. The normalized spacial score (nSPS) is 10.3. The molecule has 0 aliphatic rings. The number of benzene rings is 1. The summed E-state index contributed by atoms with van der Waals surface area (Å²) in [4.78, 5) is 34.4. The summed E-state index contributed by atoms with van der Waals surface area (Å²) >= 11 is 0. The summed E-state index contributed by atoms with van der Waals surface area (Å²) in [5, 5.41) is 11.4. The maximum atomic E-state index is 12.1. The third kappa shape index (κ3) is 3.27. The van der Waals surface area contributed by atoms with Crippen LogP contribution >= 0.6 is 0 Å². The van der Waals surface area contributed by atoms with Crippen LogP contribution in [-0.4, -0.2) is 35.1 Å². The topological polar surface area (TPSA) is 101 Å². The van der Waals surface area contributed by atoms with Gasteiger partial charge >= 0.3 is 11.9 Å². The number of esters is 2. The molecule has 2 rings (SSSR count). The molecule has 0 saturated carbocycles. The minimum atomic E-state index is -0.682. The van der Waals surface area contributed by atoms with Crippen LogP contribution in [0, 0.1) is 17.0 Å². The minimum Gasteiger partial charge on any atom is -0.465 e. The van der Waals surface area contributed by atoms with E-state index in [9.17, 15) is 19.7 Å². The molecule has 0 amide bonds. The predicted octanol–water partition coefficient (Wildman–Crippen LogP) is 2.66. The van der Waals surface area contributed by atoms with E-state index < -0.39 is 16.9 Å². The zero-order chi connectivity index (χ0) is 17.9. The molecule has 0 saturated heterocycles. The maximum Gasteiger partial charge on any atom is 0.355 e. The number of ether oxygens (including phenoxy) is 2. The lowest BCUT2D eigenvalue weighted by Crippen LogP contribution is -2.12. The highest BCUT2D eigenvalue weighted by atomic mass is 16.6. The molecule has 0 unspecified atom stereocenters. The van der Waals surface area contributed by atoms with Gasteiger partial charge < -0.3 is 14.0 Å². The summed E-state index contributed by atoms with van der Waals surface area (Å²) in [6, 6.07) is 5.49. The van der Waals surface area contributed by atoms with Crippen LogP contribution in [0.5, 0.6) is 0 Å². The molecular formula is C16H16N2O6. The van der Waals surface area contributed by atoms with Gasteiger partial charge in [-0.3, -0.25) is 10.1 Å². The number of aromatic nitrogens is 1. The first kappa shape index (κ1) is 17.2. The zero-order valence-electron chi connectivity index (χ0n) is 13.4. The number of nitro benzene ring substituents is 1. The average Bonchev–Trinajstić information content (AvgIpc) is 2.95. The summed E-state index contributed by atoms with van der Waals surface area (Å²) in [7, 11) is 1.19. The van der Waals surface area contributed by atoms with E-state index >= 15 is 0 Å². The van der Waals surface area contributed by atoms with Gasteiger partial charge in [-0.1, -0.05) is 0 Å². The van der Waals surface area contributed by atoms with Crippen LogP contribution < -0.4 is 0 Å². The molecule has 1 aromatic heterocycles. The molecule has 8 heteroatoms. The largest absolute Gasteiger partial charge is 0.465 e. The number of methoxy groups -OCH3 is 1. The van der Waals surface area contributed by atoms with E-state index in [2.05, 4.69) is 4.74 Å². The monoisotopic (exact) mass is 332 g/mol. The van der Waals surface area contributed by atoms with Crippen molar-refractivity contribution in [2.45, 2.75) is 13.8 Å². The van der Waals surface area contributed by atoms with Gasteiger partial charge in [0.25, 0.3) is 5.69 Å². The van der Waals surface area contributed by atoms with Gasteiger partial charge in [0, 0.05) is 12.3 Å². The standard InChI is InChI=1S/C16H16N2O6/c1-4-24-16(20)14-7-10(2)9-17(14)12-6-5-11(15(19)23-3)8-13(12)18(21)22/h5-9H,4H2,1-3H3. The van der Waals surface area contributed by atoms with Crippen LogP contribution in [0.1, 0.15) is 33.3 Å². The first-order valence-corrected chi connectivity index (χ1v) is 7.12. The van der Waals surface area contributed by atoms with Crippen molar-refractivity contribution >= 4 is 17.6 Å². The van der Waals surface area contributed by atoms with E-state index in [-0.39, 0.29) is 29.2 Å². The Hall–Kier alpha value is -3.16. The van der Waals surface area contributed by atoms with Gasteiger partial charge in [-0.25, -0.2) is 9.59 Å². The molecule has 0 bridgehead atoms. The fourth-order valence-corrected chi connectivity index (χ4v) is 2.28. The molecule has 1 heterocycles. The van der Waals surface area contributed by atoms with E-state index in [1.165, 1.54) is 23.8 Å². The van der Waals surface area contributed by atoms with Crippen molar-refractivity contribution in [3.05, 3.63) is 57.4 Å². The van der Waals surface area contributed by atoms with Crippen LogP contribution in [0.3, 0.4) is 0 Å². The van der Waals surface area contributed by atoms with Crippen LogP contribution in [0.25, 0.3) is 5.69 Å². The fraction of sp³-hybridized carbons (Fsp3) is 0.250. The van der Waals surface area contributed by atoms with Gasteiger partial charge in [0.1, 0.15) is 11.4 Å². The highest BCUT2D eigenvalue weighted by molar-refractivity contribution is 5.92. The molecule has 0 spiro atoms. The van der Waals surface area contributed by atoms with E-state index in [1.807, 2.05) is 0 Å². The molecule has 0 atom stereocenters. The molecule has 126 valence electrons. The van der Waals surface area contributed by atoms with Crippen molar-refractivity contribution < 1.29 is 24.0 Å². The highest BCUT2D eigenvalue weighted by Crippen LogP contribution is 2.27. The summed E-state index contributed by atoms with van der Waals surface area (Å²) < 4.78 is 10.9. The third-order valence-corrected chi connectivity index (χ3v) is 3.29. The molecule has 0 aliphatic heterocycles. The van der Waals surface area contributed by atoms with Gasteiger partial charge in [0.15, 0.2) is 0 Å². The number of hydrogen-bond donors (Lipinski definition) is 0. The van der Waals surface area contributed by atoms with E-state index in [4.69, 9.17) is 4.74 Å². The molecule has 0 N–H and O–H groups in total. The number of aryl methyl sites for hydroxylation is 1. The van der Waals surface area contributed by atoms with Gasteiger partial charge in [-0.2, -0.15) is 0 Å². The second kappa shape index (κ2) is 6.95. The van der Waals surface area contributed by atoms with Crippen LogP contribution in [0.15, 0.2) is 30.5 Å². The van der Waals surface area contributed by atoms with Crippen molar-refractivity contribution in [1.29, 1.82) is 0 Å². The van der Waals surface area contributed by atoms with E-state index in [0.29, 0.717) is 0 Å². The smallest absolute Gasteiger partial charge is 0.355 e. The number of nitro groups is 1. The van der Waals surface area contributed by atoms with E-state index in [0.717, 1.165) is 11.6 Å². The van der Waals surface area contributed by atoms with Gasteiger partial charge in [0.05, 0.1) is 24.2 Å². The molecular weight excluding hydrogens is 316 g/mol. The van der Waals surface area contributed by atoms with Crippen molar-refractivity contribution in [2.75, 3.05) is 13.7 Å². The molecule has 1 aromatic carbocycles. The summed E-state index contributed by atoms with van der Waals surface area (Å²) in [6.07, 6.45) is 1.59. The second-order valence-electron chi connectivity index (χ2n) is 4.95. The SMILES string of the molecule is CCOC(=O)c1cc(C)cn1-c1ccc(C(=O)OC)cc1[N+](=O)[O-]. The number of rotatable bonds is 5. The molecule has 2 aromatic rings. The number of carbonyl (C=O) groups is 2. The van der Waals surface area contributed by atoms with Crippen LogP contribution in [-0.2, 0) is 9.47 Å². The Bertz CT molecular complexity index is 809. The molecule has 24 heavy (non-hydrogen) atoms. The molecule has 0 radical (unpaired) electrons. The van der Waals surface area contributed by atoms with E-state index in [1.54, 1.807) is 26.1 Å². The van der Waals surface area contributed by atoms with Crippen molar-refractivity contribution in [1.82, 2.24) is 4.57 Å². The lowest BCUT2D eigenvalue weighted by atomic mass is 10.1. The lowest BCUT2D eigenvalue weighted by Gasteiger charge is -2.10. The molecule has 0 fully saturated rings. The fourth-order valence-electron chi connectivity index (χ4n) is 2.28. The Morgan fingerprint density at radius 1 is 1.25 bits per heavy atom. The third-order valence-electron chi connectivity index (χ3n) is 3.29. The van der Waals surface area contributed by atoms with Crippen LogP contribution in [0.4, 0.5) is 5.69 Å². The van der Waals surface area contributed by atoms with Crippen LogP contribution in [0.2, 0.25) is 0 Å². The zero-order valence-corrected chi connectivity index (χ0v) is 13.4. The molecule has 0 aliphatic carbocycles. The van der Waals surface area contributed by atoms with Crippen molar-refractivity contribution in [3.63, 3.8) is 0 Å². The maximum absolute atomic E-state index is 12.1. The highest BCUT2D eigenvalue weighted by Gasteiger charge is 2.23. The van der Waals surface area contributed by atoms with Crippen molar-refractivity contribution in [2.24, 2.45) is 0 Å².